The number of aliphatic hydroxyl groups excluding tert-OH is 1. The molecule has 7 atom stereocenters. The van der Waals surface area contributed by atoms with Gasteiger partial charge >= 0.3 is 0 Å². The highest BCUT2D eigenvalue weighted by Gasteiger charge is 2.37. The number of aryl methyl sites for hydroxylation is 5. The van der Waals surface area contributed by atoms with Crippen molar-refractivity contribution < 1.29 is 19.3 Å². The number of fused-ring (bicyclic) bond motifs is 10. The molecule has 2 saturated heterocycles. The minimum Gasteiger partial charge on any atom is -0.396 e. The number of nitrogens with zero attached hydrogens (tertiary/aromatic N) is 16. The third-order valence-corrected chi connectivity index (χ3v) is 30.2. The predicted octanol–water partition coefficient (Wildman–Crippen LogP) is 22.1. The van der Waals surface area contributed by atoms with Crippen LogP contribution in [0.15, 0.2) is 249 Å². The van der Waals surface area contributed by atoms with Gasteiger partial charge in [-0.25, -0.2) is 4.98 Å². The normalized spacial score (nSPS) is 20.6. The number of para-hydroxylation sites is 5. The Labute approximate surface area is 809 Å². The van der Waals surface area contributed by atoms with Crippen molar-refractivity contribution in [3.05, 3.63) is 314 Å². The molecule has 0 bridgehead atoms. The van der Waals surface area contributed by atoms with E-state index in [1.54, 1.807) is 18.4 Å². The molecular formula is C115H136N16O4S. The molecule has 11 aromatic rings. The quantitative estimate of drug-likeness (QED) is 0.0402. The van der Waals surface area contributed by atoms with E-state index in [0.29, 0.717) is 42.4 Å². The molecule has 0 spiro atoms. The third-order valence-electron chi connectivity index (χ3n) is 29.6. The van der Waals surface area contributed by atoms with Crippen molar-refractivity contribution in [2.75, 3.05) is 99.0 Å². The molecule has 7 aliphatic heterocycles. The molecular weight excluding hydrogens is 1700 g/mol. The Morgan fingerprint density at radius 1 is 0.324 bits per heavy atom. The Hall–Kier alpha value is -10.5. The van der Waals surface area contributed by atoms with Gasteiger partial charge in [0.1, 0.15) is 0 Å². The lowest BCUT2D eigenvalue weighted by Gasteiger charge is -2.36. The molecule has 5 aliphatic carbocycles. The first-order valence-electron chi connectivity index (χ1n) is 51.1. The zero-order chi connectivity index (χ0) is 91.8. The lowest BCUT2D eigenvalue weighted by Crippen LogP contribution is -2.38. The minimum absolute atomic E-state index is 0.227. The highest BCUT2D eigenvalue weighted by Crippen LogP contribution is 2.42. The summed E-state index contributed by atoms with van der Waals surface area (Å²) in [4.78, 5) is 65.8. The van der Waals surface area contributed by atoms with Crippen molar-refractivity contribution >= 4 is 68.3 Å². The van der Waals surface area contributed by atoms with E-state index in [0.717, 1.165) is 216 Å². The van der Waals surface area contributed by atoms with Crippen LogP contribution >= 0.6 is 11.3 Å². The summed E-state index contributed by atoms with van der Waals surface area (Å²) in [7, 11) is 1.78. The average molecular weight is 1840 g/mol. The molecule has 0 amide bonds. The maximum absolute atomic E-state index is 9.34. The molecule has 706 valence electrons. The van der Waals surface area contributed by atoms with Crippen LogP contribution in [-0.4, -0.2) is 199 Å². The zero-order valence-electron chi connectivity index (χ0n) is 79.8. The van der Waals surface area contributed by atoms with Gasteiger partial charge in [0.25, 0.3) is 0 Å². The number of methoxy groups -OCH3 is 1. The van der Waals surface area contributed by atoms with E-state index in [-0.39, 0.29) is 6.61 Å². The fourth-order valence-corrected chi connectivity index (χ4v) is 23.5. The molecule has 13 heterocycles. The van der Waals surface area contributed by atoms with E-state index < -0.39 is 0 Å². The summed E-state index contributed by atoms with van der Waals surface area (Å²) < 4.78 is 17.2. The van der Waals surface area contributed by atoms with E-state index >= 15 is 0 Å². The van der Waals surface area contributed by atoms with Gasteiger partial charge in [0.15, 0.2) is 0 Å². The predicted molar refractivity (Wildman–Crippen MR) is 549 cm³/mol. The van der Waals surface area contributed by atoms with E-state index in [2.05, 4.69) is 211 Å². The minimum atomic E-state index is 0.227. The Kier molecular flexibility index (Phi) is 33.1. The summed E-state index contributed by atoms with van der Waals surface area (Å²) in [5.74, 6) is 0. The van der Waals surface area contributed by atoms with Crippen LogP contribution in [0, 0.1) is 0 Å². The van der Waals surface area contributed by atoms with Crippen LogP contribution in [0.2, 0.25) is 0 Å². The number of pyridine rings is 5. The van der Waals surface area contributed by atoms with Crippen LogP contribution in [0.3, 0.4) is 0 Å². The molecule has 136 heavy (non-hydrogen) atoms. The third kappa shape index (κ3) is 24.4. The highest BCUT2D eigenvalue weighted by molar-refractivity contribution is 7.07. The Balaban J connectivity index is 0.000000109. The monoisotopic (exact) mass is 1840 g/mol. The Bertz CT molecular complexity index is 5920. The van der Waals surface area contributed by atoms with E-state index in [1.807, 2.05) is 42.6 Å². The molecule has 23 rings (SSSR count). The number of rotatable bonds is 31. The van der Waals surface area contributed by atoms with Crippen molar-refractivity contribution in [3.8, 4) is 0 Å². The van der Waals surface area contributed by atoms with Gasteiger partial charge < -0.3 is 19.3 Å². The number of hydrogen-bond acceptors (Lipinski definition) is 21. The molecule has 0 radical (unpaired) electrons. The maximum Gasteiger partial charge on any atom is 0.0794 e. The maximum atomic E-state index is 9.34. The van der Waals surface area contributed by atoms with Crippen LogP contribution in [0.4, 0.5) is 28.4 Å². The molecule has 21 heteroatoms. The lowest BCUT2D eigenvalue weighted by molar-refractivity contribution is 0.00327. The van der Waals surface area contributed by atoms with Gasteiger partial charge in [-0.2, -0.15) is 0 Å². The van der Waals surface area contributed by atoms with Crippen molar-refractivity contribution in [1.29, 1.82) is 0 Å². The van der Waals surface area contributed by atoms with Gasteiger partial charge in [-0.1, -0.05) is 121 Å². The fraction of sp³-hybridized carbons (Fsp3) is 0.452. The van der Waals surface area contributed by atoms with Crippen molar-refractivity contribution in [2.24, 2.45) is 25.0 Å². The smallest absolute Gasteiger partial charge is 0.0794 e. The van der Waals surface area contributed by atoms with E-state index in [9.17, 15) is 5.11 Å². The first kappa shape index (κ1) is 94.4. The summed E-state index contributed by atoms with van der Waals surface area (Å²) >= 11 is 1.67. The van der Waals surface area contributed by atoms with Crippen molar-refractivity contribution in [2.45, 2.75) is 235 Å². The number of benzene rings is 5. The summed E-state index contributed by atoms with van der Waals surface area (Å²) in [6.45, 7) is 12.4. The summed E-state index contributed by atoms with van der Waals surface area (Å²) in [5.41, 5.74) is 35.3. The lowest BCUT2D eigenvalue weighted by atomic mass is 9.90. The summed E-state index contributed by atoms with van der Waals surface area (Å²) in [5, 5.41) is 11.5. The van der Waals surface area contributed by atoms with Crippen LogP contribution in [0.25, 0.3) is 0 Å². The highest BCUT2D eigenvalue weighted by atomic mass is 32.1. The second-order valence-corrected chi connectivity index (χ2v) is 39.6. The van der Waals surface area contributed by atoms with E-state index in [4.69, 9.17) is 64.1 Å². The topological polar surface area (TPSA) is 203 Å². The molecule has 0 saturated carbocycles. The Morgan fingerprint density at radius 3 is 0.912 bits per heavy atom. The summed E-state index contributed by atoms with van der Waals surface area (Å²) in [6, 6.07) is 66.0. The first-order valence-corrected chi connectivity index (χ1v) is 52.1. The Morgan fingerprint density at radius 2 is 0.625 bits per heavy atom. The second kappa shape index (κ2) is 47.7. The number of ether oxygens (including phenoxy) is 3. The largest absolute Gasteiger partial charge is 0.396 e. The van der Waals surface area contributed by atoms with Gasteiger partial charge in [-0.05, 0) is 270 Å². The molecule has 6 aromatic heterocycles. The summed E-state index contributed by atoms with van der Waals surface area (Å²) in [6.07, 6.45) is 44.3. The number of aliphatic imine (C=N–C) groups is 5. The number of hydrogen-bond donors (Lipinski definition) is 1. The molecule has 2 unspecified atom stereocenters. The molecule has 5 aromatic carbocycles. The number of aliphatic hydroxyl groups is 1. The van der Waals surface area contributed by atoms with Gasteiger partial charge in [-0.3, -0.25) is 74.4 Å². The van der Waals surface area contributed by atoms with Crippen LogP contribution in [0.5, 0.6) is 0 Å². The standard InChI is InChI=1S/C25H31N3O.C24H29N3O.C23H24N4S.C22H27N3O.C21H25N3O/c1-2-11-23-20(7-1)17-21(27-23)18-28(15-13-22-10-3-4-16-29-22)24-12-5-8-19-9-6-14-26-25(19)24;1-2-10-22-19(6-1)16-20(26-22)17-27(14-12-21-9-5-15-28-21)23-11-3-7-18-8-4-13-25-24(18)23;1-2-8-21-18(5-1)13-20(26-21)14-27(12-10-19-15-28-16-25-19)22-9-3-6-17-7-4-11-24-23(17)22;1-26-14-6-13-25(16-19-15-18-7-2-3-10-20(18)24-19)21-11-4-8-17-9-5-12-23-22(17)21;25-13-5-12-24(15-18-14-17-6-1-2-9-19(17)23-18)20-10-3-7-16-8-4-11-22-21(16)20/h1-2,6-7,9,11,14,22,24H,3-5,8,10,12-13,15-18H2;1-2,4,6,8,10,13,21,23H,3,5,7,9,11-12,14-17H2;1-2,4-5,7-8,11,15-16,22H,3,6,9-10,12-14H2;2-3,5,7,9-10,12,21H,4,6,8,11,13-16H2,1H3;1-2,4,6,8-9,11,20,25H,3,5,7,10,12-15H2/t22?,24-;21?,23-;22-;21-;20-/m00000/s1. The fourth-order valence-electron chi connectivity index (χ4n) is 22.9. The van der Waals surface area contributed by atoms with Gasteiger partial charge in [-0.15, -0.1) is 11.3 Å². The second-order valence-electron chi connectivity index (χ2n) is 38.9. The van der Waals surface area contributed by atoms with Crippen molar-refractivity contribution in [3.63, 3.8) is 0 Å². The first-order chi connectivity index (χ1) is 67.3. The van der Waals surface area contributed by atoms with E-state index in [1.165, 1.54) is 208 Å². The number of aromatic nitrogens is 6. The average Bonchev–Trinajstić information content (AvgIpc) is 0.907. The molecule has 20 nitrogen and oxygen atoms in total. The van der Waals surface area contributed by atoms with Crippen molar-refractivity contribution in [1.82, 2.24) is 54.4 Å². The van der Waals surface area contributed by atoms with Gasteiger partial charge in [0.05, 0.1) is 111 Å². The van der Waals surface area contributed by atoms with Crippen LogP contribution in [-0.2, 0) is 84.8 Å². The van der Waals surface area contributed by atoms with Gasteiger partial charge in [0.2, 0.25) is 0 Å². The van der Waals surface area contributed by atoms with Crippen LogP contribution in [0.1, 0.15) is 242 Å². The molecule has 12 aliphatic rings. The molecule has 1 N–H and O–H groups in total. The SMILES string of the molecule is COCCCN(CC1=Nc2ccccc2C1)[C@H]1CCCc2cccnc21.OCCCN(CC1=Nc2ccccc2C1)[C@H]1CCCc2cccnc21.c1ccc2c(c1)CC(CN(CCC1CCCCO1)[C@H]1CCCc3cccnc31)=N2.c1ccc2c(c1)CC(CN(CCC1CCCO1)[C@H]1CCCc3cccnc31)=N2.c1ccc2c(c1)CC(CN(CCc1cscn1)[C@H]1CCCc3cccnc31)=N2. The zero-order valence-corrected chi connectivity index (χ0v) is 80.6. The van der Waals surface area contributed by atoms with Crippen LogP contribution < -0.4 is 0 Å². The number of thiazole rings is 1. The molecule has 2 fully saturated rings. The van der Waals surface area contributed by atoms with Gasteiger partial charge in [0, 0.05) is 202 Å².